The lowest BCUT2D eigenvalue weighted by atomic mass is 9.82. The number of piperidine rings is 1. The van der Waals surface area contributed by atoms with Crippen molar-refractivity contribution in [2.75, 3.05) is 26.8 Å². The number of rotatable bonds is 4. The Morgan fingerprint density at radius 1 is 1.36 bits per heavy atom. The molecule has 0 saturated carbocycles. The number of aromatic nitrogens is 1. The lowest BCUT2D eigenvalue weighted by Crippen LogP contribution is -2.43. The number of hydrogen-bond donors (Lipinski definition) is 1. The molecule has 1 aliphatic rings. The molecule has 22 heavy (non-hydrogen) atoms. The van der Waals surface area contributed by atoms with E-state index < -0.39 is 0 Å². The van der Waals surface area contributed by atoms with E-state index in [9.17, 15) is 5.11 Å². The maximum absolute atomic E-state index is 9.61. The summed E-state index contributed by atoms with van der Waals surface area (Å²) in [6.07, 6.45) is 2.22. The molecular formula is C18H24N2O2. The molecular weight excluding hydrogens is 276 g/mol. The quantitative estimate of drug-likeness (QED) is 0.943. The monoisotopic (exact) mass is 300 g/mol. The summed E-state index contributed by atoms with van der Waals surface area (Å²) in [4.78, 5) is 7.01. The minimum atomic E-state index is 0.00968. The fourth-order valence-electron chi connectivity index (χ4n) is 3.36. The third-order valence-corrected chi connectivity index (χ3v) is 4.59. The third kappa shape index (κ3) is 3.08. The van der Waals surface area contributed by atoms with Crippen molar-refractivity contribution in [3.63, 3.8) is 0 Å². The van der Waals surface area contributed by atoms with Crippen LogP contribution < -0.4 is 4.74 Å². The molecule has 1 N–H and O–H groups in total. The zero-order valence-electron chi connectivity index (χ0n) is 13.4. The first-order chi connectivity index (χ1) is 10.6. The summed E-state index contributed by atoms with van der Waals surface area (Å²) < 4.78 is 5.49. The Balaban J connectivity index is 1.86. The number of ether oxygens (including phenoxy) is 1. The summed E-state index contributed by atoms with van der Waals surface area (Å²) in [5.74, 6) is 0.704. The molecule has 118 valence electrons. The Kier molecular flexibility index (Phi) is 4.32. The second kappa shape index (κ2) is 6.23. The lowest BCUT2D eigenvalue weighted by Gasteiger charge is -2.39. The van der Waals surface area contributed by atoms with Crippen molar-refractivity contribution < 1.29 is 9.84 Å². The Morgan fingerprint density at radius 2 is 2.18 bits per heavy atom. The molecule has 0 amide bonds. The van der Waals surface area contributed by atoms with Crippen LogP contribution in [-0.4, -0.2) is 41.8 Å². The third-order valence-electron chi connectivity index (χ3n) is 4.59. The molecule has 0 bridgehead atoms. The summed E-state index contributed by atoms with van der Waals surface area (Å²) >= 11 is 0. The number of hydrogen-bond acceptors (Lipinski definition) is 4. The SMILES string of the molecule is COc1nc2ccccc2cc1CN1CCCC(C)(CO)C1. The normalized spacial score (nSPS) is 22.9. The Labute approximate surface area is 131 Å². The molecule has 0 aliphatic carbocycles. The number of likely N-dealkylation sites (tertiary alicyclic amines) is 1. The maximum atomic E-state index is 9.61. The molecule has 1 aliphatic heterocycles. The van der Waals surface area contributed by atoms with E-state index in [1.54, 1.807) is 7.11 Å². The zero-order valence-corrected chi connectivity index (χ0v) is 13.4. The molecule has 1 fully saturated rings. The molecule has 1 aromatic heterocycles. The summed E-state index contributed by atoms with van der Waals surface area (Å²) in [5, 5.41) is 10.8. The largest absolute Gasteiger partial charge is 0.481 e. The van der Waals surface area contributed by atoms with Gasteiger partial charge in [0.15, 0.2) is 0 Å². The van der Waals surface area contributed by atoms with Gasteiger partial charge in [0, 0.05) is 36.1 Å². The summed E-state index contributed by atoms with van der Waals surface area (Å²) in [7, 11) is 1.68. The second-order valence-corrected chi connectivity index (χ2v) is 6.63. The Hall–Kier alpha value is -1.65. The van der Waals surface area contributed by atoms with Crippen molar-refractivity contribution >= 4 is 10.9 Å². The van der Waals surface area contributed by atoms with Crippen LogP contribution in [0.5, 0.6) is 5.88 Å². The van der Waals surface area contributed by atoms with Crippen molar-refractivity contribution in [2.45, 2.75) is 26.3 Å². The summed E-state index contributed by atoms with van der Waals surface area (Å²) in [5.41, 5.74) is 2.08. The highest BCUT2D eigenvalue weighted by atomic mass is 16.5. The molecule has 0 spiro atoms. The first kappa shape index (κ1) is 15.3. The smallest absolute Gasteiger partial charge is 0.218 e. The fraction of sp³-hybridized carbons (Fsp3) is 0.500. The van der Waals surface area contributed by atoms with Gasteiger partial charge in [-0.3, -0.25) is 4.90 Å². The van der Waals surface area contributed by atoms with E-state index in [4.69, 9.17) is 4.74 Å². The van der Waals surface area contributed by atoms with Gasteiger partial charge in [0.2, 0.25) is 5.88 Å². The van der Waals surface area contributed by atoms with E-state index in [1.807, 2.05) is 18.2 Å². The number of fused-ring (bicyclic) bond motifs is 1. The fourth-order valence-corrected chi connectivity index (χ4v) is 3.36. The van der Waals surface area contributed by atoms with Crippen LogP contribution in [0.1, 0.15) is 25.3 Å². The molecule has 1 atom stereocenters. The number of pyridine rings is 1. The van der Waals surface area contributed by atoms with Crippen molar-refractivity contribution in [1.29, 1.82) is 0 Å². The predicted octanol–water partition coefficient (Wildman–Crippen LogP) is 2.84. The first-order valence-electron chi connectivity index (χ1n) is 7.89. The van der Waals surface area contributed by atoms with Crippen LogP contribution in [0.2, 0.25) is 0 Å². The van der Waals surface area contributed by atoms with Gasteiger partial charge in [-0.05, 0) is 31.5 Å². The van der Waals surface area contributed by atoms with Crippen LogP contribution in [0.3, 0.4) is 0 Å². The van der Waals surface area contributed by atoms with Gasteiger partial charge in [-0.25, -0.2) is 4.98 Å². The highest BCUT2D eigenvalue weighted by Crippen LogP contribution is 2.31. The van der Waals surface area contributed by atoms with Crippen molar-refractivity contribution in [1.82, 2.24) is 9.88 Å². The highest BCUT2D eigenvalue weighted by Gasteiger charge is 2.30. The summed E-state index contributed by atoms with van der Waals surface area (Å²) in [6.45, 7) is 5.20. The van der Waals surface area contributed by atoms with E-state index in [0.29, 0.717) is 5.88 Å². The minimum absolute atomic E-state index is 0.00968. The van der Waals surface area contributed by atoms with Crippen LogP contribution in [0.15, 0.2) is 30.3 Å². The van der Waals surface area contributed by atoms with E-state index in [0.717, 1.165) is 48.9 Å². The Bertz CT molecular complexity index is 659. The standard InChI is InChI=1S/C18H24N2O2/c1-18(13-21)8-5-9-20(12-18)11-15-10-14-6-3-4-7-16(14)19-17(15)22-2/h3-4,6-7,10,21H,5,8-9,11-13H2,1-2H3. The molecule has 1 aromatic carbocycles. The topological polar surface area (TPSA) is 45.6 Å². The van der Waals surface area contributed by atoms with Gasteiger partial charge < -0.3 is 9.84 Å². The van der Waals surface area contributed by atoms with Gasteiger partial charge >= 0.3 is 0 Å². The van der Waals surface area contributed by atoms with Gasteiger partial charge in [-0.1, -0.05) is 25.1 Å². The second-order valence-electron chi connectivity index (χ2n) is 6.63. The number of aliphatic hydroxyl groups is 1. The van der Waals surface area contributed by atoms with Gasteiger partial charge in [-0.2, -0.15) is 0 Å². The van der Waals surface area contributed by atoms with Crippen LogP contribution in [0.25, 0.3) is 10.9 Å². The van der Waals surface area contributed by atoms with Crippen molar-refractivity contribution in [3.05, 3.63) is 35.9 Å². The van der Waals surface area contributed by atoms with Gasteiger partial charge in [-0.15, -0.1) is 0 Å². The number of methoxy groups -OCH3 is 1. The average Bonchev–Trinajstić information content (AvgIpc) is 2.54. The van der Waals surface area contributed by atoms with E-state index in [-0.39, 0.29) is 12.0 Å². The van der Waals surface area contributed by atoms with Crippen molar-refractivity contribution in [2.24, 2.45) is 5.41 Å². The first-order valence-corrected chi connectivity index (χ1v) is 7.89. The molecule has 4 heteroatoms. The number of nitrogens with zero attached hydrogens (tertiary/aromatic N) is 2. The zero-order chi connectivity index (χ0) is 15.6. The highest BCUT2D eigenvalue weighted by molar-refractivity contribution is 5.80. The molecule has 1 unspecified atom stereocenters. The number of para-hydroxylation sites is 1. The van der Waals surface area contributed by atoms with Crippen molar-refractivity contribution in [3.8, 4) is 5.88 Å². The van der Waals surface area contributed by atoms with Crippen LogP contribution in [-0.2, 0) is 6.54 Å². The molecule has 1 saturated heterocycles. The molecule has 2 heterocycles. The number of aliphatic hydroxyl groups excluding tert-OH is 1. The minimum Gasteiger partial charge on any atom is -0.481 e. The molecule has 0 radical (unpaired) electrons. The maximum Gasteiger partial charge on any atom is 0.218 e. The molecule has 4 nitrogen and oxygen atoms in total. The predicted molar refractivity (Wildman–Crippen MR) is 88.0 cm³/mol. The van der Waals surface area contributed by atoms with Gasteiger partial charge in [0.05, 0.1) is 12.6 Å². The van der Waals surface area contributed by atoms with E-state index in [2.05, 4.69) is 28.9 Å². The van der Waals surface area contributed by atoms with Gasteiger partial charge in [0.25, 0.3) is 0 Å². The van der Waals surface area contributed by atoms with Crippen LogP contribution in [0.4, 0.5) is 0 Å². The van der Waals surface area contributed by atoms with Gasteiger partial charge in [0.1, 0.15) is 0 Å². The molecule has 3 rings (SSSR count). The molecule has 2 aromatic rings. The Morgan fingerprint density at radius 3 is 2.95 bits per heavy atom. The van der Waals surface area contributed by atoms with E-state index in [1.165, 1.54) is 0 Å². The lowest BCUT2D eigenvalue weighted by molar-refractivity contribution is 0.0425. The number of benzene rings is 1. The summed E-state index contributed by atoms with van der Waals surface area (Å²) in [6, 6.07) is 10.3. The van der Waals surface area contributed by atoms with Crippen LogP contribution >= 0.6 is 0 Å². The average molecular weight is 300 g/mol. The van der Waals surface area contributed by atoms with Crippen LogP contribution in [0, 0.1) is 5.41 Å². The van der Waals surface area contributed by atoms with E-state index >= 15 is 0 Å².